The van der Waals surface area contributed by atoms with Gasteiger partial charge in [0.25, 0.3) is 0 Å². The first-order valence-corrected chi connectivity index (χ1v) is 8.48. The van der Waals surface area contributed by atoms with Gasteiger partial charge in [0.2, 0.25) is 11.8 Å². The number of benzene rings is 1. The van der Waals surface area contributed by atoms with E-state index < -0.39 is 0 Å². The highest BCUT2D eigenvalue weighted by Gasteiger charge is 2.45. The Labute approximate surface area is 137 Å². The lowest BCUT2D eigenvalue weighted by molar-refractivity contribution is -0.147. The van der Waals surface area contributed by atoms with Crippen LogP contribution in [0.5, 0.6) is 0 Å². The van der Waals surface area contributed by atoms with Crippen molar-refractivity contribution < 1.29 is 9.59 Å². The van der Waals surface area contributed by atoms with E-state index in [2.05, 4.69) is 41.8 Å². The Kier molecular flexibility index (Phi) is 4.66. The van der Waals surface area contributed by atoms with Crippen molar-refractivity contribution in [3.63, 3.8) is 0 Å². The van der Waals surface area contributed by atoms with E-state index in [4.69, 9.17) is 0 Å². The molecule has 3 rings (SSSR count). The minimum atomic E-state index is -0.334. The van der Waals surface area contributed by atoms with Gasteiger partial charge in [-0.05, 0) is 25.3 Å². The summed E-state index contributed by atoms with van der Waals surface area (Å²) in [5.74, 6) is 0.0822. The number of fused-ring (bicyclic) bond motifs is 1. The molecule has 0 radical (unpaired) electrons. The number of nitrogens with zero attached hydrogens (tertiary/aromatic N) is 1. The lowest BCUT2D eigenvalue weighted by Gasteiger charge is -2.34. The van der Waals surface area contributed by atoms with E-state index >= 15 is 0 Å². The molecule has 5 heteroatoms. The molecule has 2 saturated heterocycles. The second kappa shape index (κ2) is 6.71. The third-order valence-electron chi connectivity index (χ3n) is 4.79. The second-order valence-electron chi connectivity index (χ2n) is 6.66. The smallest absolute Gasteiger partial charge is 0.245 e. The van der Waals surface area contributed by atoms with Crippen LogP contribution in [-0.4, -0.2) is 41.4 Å². The third-order valence-corrected chi connectivity index (χ3v) is 4.79. The number of nitrogens with one attached hydrogen (secondary N) is 2. The third kappa shape index (κ3) is 3.39. The molecule has 23 heavy (non-hydrogen) atoms. The molecule has 2 aliphatic rings. The van der Waals surface area contributed by atoms with Crippen LogP contribution in [0.15, 0.2) is 24.3 Å². The molecule has 0 aliphatic carbocycles. The summed E-state index contributed by atoms with van der Waals surface area (Å²) in [7, 11) is 0. The number of carbonyl (C=O) groups is 2. The first-order valence-electron chi connectivity index (χ1n) is 8.48. The van der Waals surface area contributed by atoms with Crippen molar-refractivity contribution in [2.24, 2.45) is 0 Å². The van der Waals surface area contributed by atoms with Crippen molar-refractivity contribution in [1.82, 2.24) is 15.5 Å². The number of piperazine rings is 1. The Morgan fingerprint density at radius 1 is 1.26 bits per heavy atom. The fourth-order valence-electron chi connectivity index (χ4n) is 3.46. The summed E-state index contributed by atoms with van der Waals surface area (Å²) in [5.41, 5.74) is 2.47. The number of carbonyl (C=O) groups excluding carboxylic acids is 2. The van der Waals surface area contributed by atoms with Gasteiger partial charge in [0, 0.05) is 19.1 Å². The predicted molar refractivity (Wildman–Crippen MR) is 88.8 cm³/mol. The van der Waals surface area contributed by atoms with Gasteiger partial charge in [0.15, 0.2) is 0 Å². The van der Waals surface area contributed by atoms with Gasteiger partial charge in [-0.15, -0.1) is 0 Å². The lowest BCUT2D eigenvalue weighted by Crippen LogP contribution is -2.61. The van der Waals surface area contributed by atoms with Crippen molar-refractivity contribution in [2.75, 3.05) is 6.54 Å². The monoisotopic (exact) mass is 315 g/mol. The van der Waals surface area contributed by atoms with Gasteiger partial charge < -0.3 is 15.5 Å². The molecule has 2 aliphatic heterocycles. The van der Waals surface area contributed by atoms with E-state index in [9.17, 15) is 9.59 Å². The van der Waals surface area contributed by atoms with Crippen LogP contribution >= 0.6 is 0 Å². The van der Waals surface area contributed by atoms with Gasteiger partial charge in [0.1, 0.15) is 12.1 Å². The van der Waals surface area contributed by atoms with Crippen LogP contribution in [0.2, 0.25) is 0 Å². The number of rotatable bonds is 5. The van der Waals surface area contributed by atoms with Gasteiger partial charge in [-0.25, -0.2) is 0 Å². The first-order chi connectivity index (χ1) is 11.1. The van der Waals surface area contributed by atoms with E-state index in [1.165, 1.54) is 11.1 Å². The topological polar surface area (TPSA) is 61.4 Å². The molecule has 2 heterocycles. The molecule has 5 nitrogen and oxygen atoms in total. The molecule has 124 valence electrons. The Balaban J connectivity index is 1.59. The van der Waals surface area contributed by atoms with Crippen molar-refractivity contribution in [3.05, 3.63) is 35.4 Å². The molecular formula is C18H25N3O2. The fraction of sp³-hybridized carbons (Fsp3) is 0.556. The maximum Gasteiger partial charge on any atom is 0.245 e. The number of hydrogen-bond acceptors (Lipinski definition) is 3. The van der Waals surface area contributed by atoms with Crippen molar-refractivity contribution in [3.8, 4) is 0 Å². The lowest BCUT2D eigenvalue weighted by atomic mass is 10.0. The van der Waals surface area contributed by atoms with Crippen molar-refractivity contribution >= 4 is 11.8 Å². The summed E-state index contributed by atoms with van der Waals surface area (Å²) in [6.07, 6.45) is 2.31. The molecule has 1 aromatic rings. The number of hydrogen-bond donors (Lipinski definition) is 2. The van der Waals surface area contributed by atoms with Gasteiger partial charge in [-0.1, -0.05) is 43.2 Å². The minimum absolute atomic E-state index is 0.00249. The first kappa shape index (κ1) is 16.0. The Morgan fingerprint density at radius 3 is 2.70 bits per heavy atom. The largest absolute Gasteiger partial charge is 0.343 e. The quantitative estimate of drug-likeness (QED) is 0.862. The Hall–Kier alpha value is -1.88. The summed E-state index contributed by atoms with van der Waals surface area (Å²) in [5, 5.41) is 6.37. The van der Waals surface area contributed by atoms with E-state index in [1.54, 1.807) is 4.90 Å². The molecule has 2 N–H and O–H groups in total. The summed E-state index contributed by atoms with van der Waals surface area (Å²) < 4.78 is 0. The maximum atomic E-state index is 12.5. The van der Waals surface area contributed by atoms with Crippen molar-refractivity contribution in [2.45, 2.75) is 57.8 Å². The van der Waals surface area contributed by atoms with Crippen LogP contribution in [0.25, 0.3) is 0 Å². The Morgan fingerprint density at radius 2 is 2.00 bits per heavy atom. The SMILES string of the molecule is CCC[C@@H]1NC(=O)[C@@H]2C[C@H](NCc3ccc(C)cc3)CN2C1=O. The van der Waals surface area contributed by atoms with Crippen molar-refractivity contribution in [1.29, 1.82) is 0 Å². The highest BCUT2D eigenvalue weighted by molar-refractivity contribution is 5.97. The van der Waals surface area contributed by atoms with Crippen LogP contribution < -0.4 is 10.6 Å². The average Bonchev–Trinajstić information content (AvgIpc) is 2.97. The molecule has 2 amide bonds. The average molecular weight is 315 g/mol. The zero-order valence-corrected chi connectivity index (χ0v) is 13.8. The zero-order valence-electron chi connectivity index (χ0n) is 13.8. The number of aryl methyl sites for hydroxylation is 1. The van der Waals surface area contributed by atoms with Gasteiger partial charge >= 0.3 is 0 Å². The molecule has 3 atom stereocenters. The van der Waals surface area contributed by atoms with E-state index in [1.807, 2.05) is 6.92 Å². The van der Waals surface area contributed by atoms with Crippen LogP contribution in [0.3, 0.4) is 0 Å². The maximum absolute atomic E-state index is 12.5. The summed E-state index contributed by atoms with van der Waals surface area (Å²) in [4.78, 5) is 26.5. The fourth-order valence-corrected chi connectivity index (χ4v) is 3.46. The molecule has 0 bridgehead atoms. The summed E-state index contributed by atoms with van der Waals surface area (Å²) in [6, 6.07) is 7.96. The standard InChI is InChI=1S/C18H25N3O2/c1-3-4-15-18(23)21-11-14(9-16(21)17(22)20-15)19-10-13-7-5-12(2)6-8-13/h5-8,14-16,19H,3-4,9-11H2,1-2H3,(H,20,22)/t14-,15-,16-/m0/s1. The van der Waals surface area contributed by atoms with E-state index in [0.29, 0.717) is 13.0 Å². The molecule has 0 spiro atoms. The molecule has 0 saturated carbocycles. The molecule has 1 aromatic carbocycles. The van der Waals surface area contributed by atoms with Crippen LogP contribution in [-0.2, 0) is 16.1 Å². The minimum Gasteiger partial charge on any atom is -0.343 e. The molecule has 2 fully saturated rings. The normalized spacial score (nSPS) is 27.0. The Bertz CT molecular complexity index is 584. The van der Waals surface area contributed by atoms with Gasteiger partial charge in [-0.2, -0.15) is 0 Å². The van der Waals surface area contributed by atoms with Crippen LogP contribution in [0.4, 0.5) is 0 Å². The highest BCUT2D eigenvalue weighted by atomic mass is 16.2. The summed E-state index contributed by atoms with van der Waals surface area (Å²) in [6.45, 7) is 5.49. The van der Waals surface area contributed by atoms with E-state index in [0.717, 1.165) is 19.4 Å². The molecular weight excluding hydrogens is 290 g/mol. The summed E-state index contributed by atoms with van der Waals surface area (Å²) >= 11 is 0. The predicted octanol–water partition coefficient (Wildman–Crippen LogP) is 1.35. The number of amides is 2. The zero-order chi connectivity index (χ0) is 16.4. The molecule has 0 aromatic heterocycles. The second-order valence-corrected chi connectivity index (χ2v) is 6.66. The van der Waals surface area contributed by atoms with E-state index in [-0.39, 0.29) is 29.9 Å². The molecule has 0 unspecified atom stereocenters. The van der Waals surface area contributed by atoms with Gasteiger partial charge in [-0.3, -0.25) is 9.59 Å². The van der Waals surface area contributed by atoms with Crippen LogP contribution in [0, 0.1) is 6.92 Å². The van der Waals surface area contributed by atoms with Crippen LogP contribution in [0.1, 0.15) is 37.3 Å². The highest BCUT2D eigenvalue weighted by Crippen LogP contribution is 2.24. The van der Waals surface area contributed by atoms with Gasteiger partial charge in [0.05, 0.1) is 0 Å².